The molecule has 1 aromatic heterocycles. The van der Waals surface area contributed by atoms with Crippen molar-refractivity contribution in [3.05, 3.63) is 16.1 Å². The molecule has 0 fully saturated rings. The van der Waals surface area contributed by atoms with Crippen LogP contribution in [0, 0.1) is 12.3 Å². The van der Waals surface area contributed by atoms with Crippen LogP contribution in [0.25, 0.3) is 0 Å². The van der Waals surface area contributed by atoms with E-state index in [0.717, 1.165) is 24.6 Å². The molecule has 1 N–H and O–H groups in total. The molecule has 1 unspecified atom stereocenters. The zero-order valence-electron chi connectivity index (χ0n) is 13.3. The predicted molar refractivity (Wildman–Crippen MR) is 84.7 cm³/mol. The molecule has 1 rings (SSSR count). The molecule has 19 heavy (non-hydrogen) atoms. The molecule has 0 aliphatic heterocycles. The minimum atomic E-state index is 0.314. The fourth-order valence-corrected chi connectivity index (χ4v) is 2.88. The molecule has 0 spiro atoms. The number of rotatable bonds is 7. The Kier molecular flexibility index (Phi) is 6.43. The highest BCUT2D eigenvalue weighted by atomic mass is 32.1. The van der Waals surface area contributed by atoms with Crippen LogP contribution in [-0.2, 0) is 6.54 Å². The highest BCUT2D eigenvalue weighted by Crippen LogP contribution is 2.22. The Labute approximate surface area is 122 Å². The summed E-state index contributed by atoms with van der Waals surface area (Å²) in [5, 5.41) is 6.93. The van der Waals surface area contributed by atoms with Gasteiger partial charge in [0.05, 0.1) is 10.7 Å². The van der Waals surface area contributed by atoms with Gasteiger partial charge in [0.1, 0.15) is 0 Å². The van der Waals surface area contributed by atoms with Gasteiger partial charge in [0, 0.05) is 18.0 Å². The summed E-state index contributed by atoms with van der Waals surface area (Å²) < 4.78 is 0. The molecule has 110 valence electrons. The number of nitrogens with one attached hydrogen (secondary N) is 1. The second kappa shape index (κ2) is 7.36. The first-order valence-corrected chi connectivity index (χ1v) is 8.03. The van der Waals surface area contributed by atoms with E-state index in [1.54, 1.807) is 11.3 Å². The van der Waals surface area contributed by atoms with E-state index >= 15 is 0 Å². The summed E-state index contributed by atoms with van der Waals surface area (Å²) in [6.07, 6.45) is 1.18. The van der Waals surface area contributed by atoms with Gasteiger partial charge >= 0.3 is 0 Å². The van der Waals surface area contributed by atoms with E-state index in [2.05, 4.69) is 62.2 Å². The summed E-state index contributed by atoms with van der Waals surface area (Å²) in [7, 11) is 2.18. The summed E-state index contributed by atoms with van der Waals surface area (Å²) in [6.45, 7) is 14.3. The molecule has 1 atom stereocenters. The Morgan fingerprint density at radius 1 is 1.42 bits per heavy atom. The van der Waals surface area contributed by atoms with Crippen LogP contribution in [0.4, 0.5) is 0 Å². The lowest BCUT2D eigenvalue weighted by molar-refractivity contribution is 0.220. The van der Waals surface area contributed by atoms with E-state index in [4.69, 9.17) is 0 Å². The third-order valence-corrected chi connectivity index (χ3v) is 4.22. The highest BCUT2D eigenvalue weighted by molar-refractivity contribution is 7.09. The van der Waals surface area contributed by atoms with Crippen molar-refractivity contribution in [3.63, 3.8) is 0 Å². The maximum absolute atomic E-state index is 4.52. The van der Waals surface area contributed by atoms with Gasteiger partial charge < -0.3 is 10.2 Å². The second-order valence-electron chi connectivity index (χ2n) is 6.36. The molecular weight excluding hydrogens is 254 g/mol. The topological polar surface area (TPSA) is 28.2 Å². The average molecular weight is 283 g/mol. The van der Waals surface area contributed by atoms with Gasteiger partial charge in [-0.1, -0.05) is 27.7 Å². The van der Waals surface area contributed by atoms with Crippen molar-refractivity contribution in [2.75, 3.05) is 20.1 Å². The van der Waals surface area contributed by atoms with Crippen LogP contribution in [0.2, 0.25) is 0 Å². The van der Waals surface area contributed by atoms with Crippen molar-refractivity contribution in [3.8, 4) is 0 Å². The maximum Gasteiger partial charge on any atom is 0.0897 e. The third-order valence-electron chi connectivity index (χ3n) is 3.39. The van der Waals surface area contributed by atoms with Gasteiger partial charge in [-0.2, -0.15) is 0 Å². The van der Waals surface area contributed by atoms with Crippen LogP contribution in [0.5, 0.6) is 0 Å². The largest absolute Gasteiger partial charge is 0.314 e. The van der Waals surface area contributed by atoms with Crippen molar-refractivity contribution in [1.82, 2.24) is 15.2 Å². The van der Waals surface area contributed by atoms with Gasteiger partial charge in [-0.15, -0.1) is 11.3 Å². The van der Waals surface area contributed by atoms with Crippen LogP contribution < -0.4 is 5.32 Å². The van der Waals surface area contributed by atoms with Crippen LogP contribution in [0.3, 0.4) is 0 Å². The van der Waals surface area contributed by atoms with E-state index in [9.17, 15) is 0 Å². The molecule has 1 aromatic rings. The molecule has 0 radical (unpaired) electrons. The first-order chi connectivity index (χ1) is 8.82. The Bertz CT molecular complexity index is 368. The molecular formula is C15H29N3S. The zero-order chi connectivity index (χ0) is 14.5. The minimum absolute atomic E-state index is 0.314. The van der Waals surface area contributed by atoms with Gasteiger partial charge in [0.2, 0.25) is 0 Å². The fourth-order valence-electron chi connectivity index (χ4n) is 2.27. The molecule has 4 heteroatoms. The number of nitrogens with zero attached hydrogens (tertiary/aromatic N) is 2. The van der Waals surface area contributed by atoms with Crippen LogP contribution in [0.15, 0.2) is 5.38 Å². The average Bonchev–Trinajstić information content (AvgIpc) is 2.68. The summed E-state index contributed by atoms with van der Waals surface area (Å²) in [5.74, 6) is 0. The second-order valence-corrected chi connectivity index (χ2v) is 7.42. The fraction of sp³-hybridized carbons (Fsp3) is 0.800. The van der Waals surface area contributed by atoms with Crippen LogP contribution in [0.1, 0.15) is 44.8 Å². The van der Waals surface area contributed by atoms with E-state index in [-0.39, 0.29) is 0 Å². The third kappa shape index (κ3) is 6.02. The lowest BCUT2D eigenvalue weighted by Gasteiger charge is -2.32. The van der Waals surface area contributed by atoms with E-state index in [1.165, 1.54) is 12.1 Å². The van der Waals surface area contributed by atoms with Crippen LogP contribution in [-0.4, -0.2) is 36.1 Å². The molecule has 0 aromatic carbocycles. The molecule has 0 aliphatic rings. The van der Waals surface area contributed by atoms with Gasteiger partial charge in [-0.05, 0) is 38.9 Å². The van der Waals surface area contributed by atoms with Crippen molar-refractivity contribution >= 4 is 11.3 Å². The highest BCUT2D eigenvalue weighted by Gasteiger charge is 2.23. The molecule has 0 bridgehead atoms. The smallest absolute Gasteiger partial charge is 0.0897 e. The number of aromatic nitrogens is 1. The van der Waals surface area contributed by atoms with Gasteiger partial charge in [0.25, 0.3) is 0 Å². The predicted octanol–water partition coefficient (Wildman–Crippen LogP) is 3.30. The van der Waals surface area contributed by atoms with Crippen molar-refractivity contribution in [1.29, 1.82) is 0 Å². The lowest BCUT2D eigenvalue weighted by atomic mass is 9.84. The van der Waals surface area contributed by atoms with E-state index in [0.29, 0.717) is 11.5 Å². The summed E-state index contributed by atoms with van der Waals surface area (Å²) in [5.41, 5.74) is 1.51. The zero-order valence-corrected chi connectivity index (χ0v) is 14.1. The maximum atomic E-state index is 4.52. The first-order valence-electron chi connectivity index (χ1n) is 7.16. The van der Waals surface area contributed by atoms with E-state index < -0.39 is 0 Å². The number of hydrogen-bond donors (Lipinski definition) is 1. The van der Waals surface area contributed by atoms with Crippen molar-refractivity contribution in [2.45, 2.75) is 53.6 Å². The number of aryl methyl sites for hydroxylation is 1. The first kappa shape index (κ1) is 16.6. The summed E-state index contributed by atoms with van der Waals surface area (Å²) >= 11 is 1.73. The van der Waals surface area contributed by atoms with Crippen molar-refractivity contribution < 1.29 is 0 Å². The van der Waals surface area contributed by atoms with Crippen molar-refractivity contribution in [2.24, 2.45) is 5.41 Å². The van der Waals surface area contributed by atoms with Gasteiger partial charge in [-0.25, -0.2) is 4.98 Å². The standard InChI is InChI=1S/C15H29N3S/c1-7-16-14(15(3,4)5)8-9-18(6)10-13-11-19-12(2)17-13/h11,14,16H,7-10H2,1-6H3. The SMILES string of the molecule is CCNC(CCN(C)Cc1csc(C)n1)C(C)(C)C. The molecule has 3 nitrogen and oxygen atoms in total. The molecule has 0 aliphatic carbocycles. The summed E-state index contributed by atoms with van der Waals surface area (Å²) in [4.78, 5) is 6.89. The molecule has 0 saturated carbocycles. The Morgan fingerprint density at radius 2 is 2.11 bits per heavy atom. The molecule has 0 amide bonds. The quantitative estimate of drug-likeness (QED) is 0.832. The monoisotopic (exact) mass is 283 g/mol. The summed E-state index contributed by atoms with van der Waals surface area (Å²) in [6, 6.07) is 0.567. The van der Waals surface area contributed by atoms with Gasteiger partial charge in [0.15, 0.2) is 0 Å². The van der Waals surface area contributed by atoms with Gasteiger partial charge in [-0.3, -0.25) is 0 Å². The van der Waals surface area contributed by atoms with Crippen LogP contribution >= 0.6 is 11.3 Å². The number of thiazole rings is 1. The Balaban J connectivity index is 2.41. The molecule has 0 saturated heterocycles. The number of hydrogen-bond acceptors (Lipinski definition) is 4. The molecule has 1 heterocycles. The van der Waals surface area contributed by atoms with E-state index in [1.807, 2.05) is 0 Å². The lowest BCUT2D eigenvalue weighted by Crippen LogP contribution is -2.42. The Morgan fingerprint density at radius 3 is 2.58 bits per heavy atom. The normalized spacial score (nSPS) is 14.1. The Hall–Kier alpha value is -0.450. The minimum Gasteiger partial charge on any atom is -0.314 e.